The quantitative estimate of drug-likeness (QED) is 0.364. The van der Waals surface area contributed by atoms with Crippen molar-refractivity contribution >= 4 is 50.7 Å². The summed E-state index contributed by atoms with van der Waals surface area (Å²) in [5, 5.41) is 9.78. The lowest BCUT2D eigenvalue weighted by Gasteiger charge is -2.23. The molecule has 0 atom stereocenters. The molecule has 0 radical (unpaired) electrons. The third-order valence-corrected chi connectivity index (χ3v) is 7.88. The van der Waals surface area contributed by atoms with E-state index in [2.05, 4.69) is 5.32 Å². The Hall–Kier alpha value is -2.42. The molecule has 9 heteroatoms. The fraction of sp³-hybridized carbons (Fsp3) is 0.280. The maximum absolute atomic E-state index is 13.1. The van der Waals surface area contributed by atoms with Gasteiger partial charge in [-0.2, -0.15) is 5.10 Å². The molecule has 2 aromatic carbocycles. The number of aromatic nitrogens is 2. The average Bonchev–Trinajstić information content (AvgIpc) is 3.41. The van der Waals surface area contributed by atoms with Crippen LogP contribution in [0.3, 0.4) is 0 Å². The summed E-state index contributed by atoms with van der Waals surface area (Å²) in [5.41, 5.74) is 2.53. The lowest BCUT2D eigenvalue weighted by Crippen LogP contribution is -3.14. The number of hydrogen-bond acceptors (Lipinski definition) is 4. The third kappa shape index (κ3) is 4.85. The lowest BCUT2D eigenvalue weighted by atomic mass is 10.1. The summed E-state index contributed by atoms with van der Waals surface area (Å²) >= 11 is 14.3. The molecule has 5 rings (SSSR count). The van der Waals surface area contributed by atoms with Gasteiger partial charge < -0.3 is 15.0 Å². The number of nitrogens with one attached hydrogen (secondary N) is 2. The third-order valence-electron chi connectivity index (χ3n) is 5.98. The Bertz CT molecular complexity index is 1280. The molecule has 3 heterocycles. The second kappa shape index (κ2) is 10.5. The molecule has 1 amide bonds. The van der Waals surface area contributed by atoms with Gasteiger partial charge in [-0.25, -0.2) is 4.68 Å². The summed E-state index contributed by atoms with van der Waals surface area (Å²) in [6, 6.07) is 17.3. The van der Waals surface area contributed by atoms with E-state index in [1.165, 1.54) is 16.2 Å². The predicted molar refractivity (Wildman–Crippen MR) is 138 cm³/mol. The monoisotopic (exact) mass is 515 g/mol. The number of halogens is 2. The molecule has 0 aliphatic carbocycles. The molecule has 1 fully saturated rings. The normalized spacial score (nSPS) is 14.5. The van der Waals surface area contributed by atoms with E-state index in [4.69, 9.17) is 33.0 Å². The predicted octanol–water partition coefficient (Wildman–Crippen LogP) is 4.10. The minimum Gasteiger partial charge on any atom is -0.370 e. The van der Waals surface area contributed by atoms with Crippen LogP contribution in [0.25, 0.3) is 27.2 Å². The number of rotatable bonds is 7. The Morgan fingerprint density at radius 3 is 2.56 bits per heavy atom. The van der Waals surface area contributed by atoms with Gasteiger partial charge in [0.15, 0.2) is 0 Å². The van der Waals surface area contributed by atoms with E-state index in [0.29, 0.717) is 21.5 Å². The van der Waals surface area contributed by atoms with Crippen LogP contribution in [0.5, 0.6) is 0 Å². The van der Waals surface area contributed by atoms with E-state index in [1.54, 1.807) is 0 Å². The van der Waals surface area contributed by atoms with Crippen molar-refractivity contribution < 1.29 is 14.4 Å². The number of thiophene rings is 1. The first-order valence-electron chi connectivity index (χ1n) is 11.3. The van der Waals surface area contributed by atoms with E-state index < -0.39 is 0 Å². The van der Waals surface area contributed by atoms with Gasteiger partial charge in [-0.05, 0) is 24.3 Å². The molecule has 176 valence electrons. The minimum atomic E-state index is -0.148. The molecule has 0 saturated carbocycles. The van der Waals surface area contributed by atoms with Crippen molar-refractivity contribution in [1.82, 2.24) is 15.1 Å². The number of fused-ring (bicyclic) bond motifs is 1. The average molecular weight is 516 g/mol. The first-order valence-corrected chi connectivity index (χ1v) is 12.9. The van der Waals surface area contributed by atoms with Gasteiger partial charge in [-0.3, -0.25) is 4.79 Å². The van der Waals surface area contributed by atoms with Crippen LogP contribution >= 0.6 is 34.5 Å². The number of carbonyl (C=O) groups excluding carboxylic acids is 1. The largest absolute Gasteiger partial charge is 0.370 e. The zero-order chi connectivity index (χ0) is 23.5. The first-order chi connectivity index (χ1) is 16.6. The van der Waals surface area contributed by atoms with Crippen molar-refractivity contribution in [2.75, 3.05) is 39.4 Å². The summed E-state index contributed by atoms with van der Waals surface area (Å²) in [5.74, 6) is -0.148. The summed E-state index contributed by atoms with van der Waals surface area (Å²) in [7, 11) is 0. The van der Waals surface area contributed by atoms with E-state index >= 15 is 0 Å². The lowest BCUT2D eigenvalue weighted by molar-refractivity contribution is -0.908. The highest BCUT2D eigenvalue weighted by Crippen LogP contribution is 2.42. The van der Waals surface area contributed by atoms with Gasteiger partial charge in [-0.15, -0.1) is 11.3 Å². The maximum Gasteiger partial charge on any atom is 0.262 e. The molecular formula is C25H25Cl2N4O2S+. The smallest absolute Gasteiger partial charge is 0.262 e. The molecule has 34 heavy (non-hydrogen) atoms. The van der Waals surface area contributed by atoms with Crippen LogP contribution in [-0.2, 0) is 4.74 Å². The Labute approximate surface area is 212 Å². The number of hydrogen-bond donors (Lipinski definition) is 2. The molecule has 4 aromatic rings. The summed E-state index contributed by atoms with van der Waals surface area (Å²) in [6.07, 6.45) is 0.914. The molecule has 0 bridgehead atoms. The molecule has 2 N–H and O–H groups in total. The Morgan fingerprint density at radius 1 is 1.09 bits per heavy atom. The topological polar surface area (TPSA) is 60.6 Å². The van der Waals surface area contributed by atoms with Crippen LogP contribution < -0.4 is 10.2 Å². The zero-order valence-corrected chi connectivity index (χ0v) is 20.8. The highest BCUT2D eigenvalue weighted by Gasteiger charge is 2.25. The van der Waals surface area contributed by atoms with Crippen molar-refractivity contribution in [1.29, 1.82) is 0 Å². The van der Waals surface area contributed by atoms with Crippen LogP contribution in [0.15, 0.2) is 54.6 Å². The van der Waals surface area contributed by atoms with Crippen LogP contribution in [0, 0.1) is 0 Å². The molecule has 1 saturated heterocycles. The minimum absolute atomic E-state index is 0.148. The number of quaternary nitrogens is 1. The van der Waals surface area contributed by atoms with Gasteiger partial charge in [0.2, 0.25) is 0 Å². The number of amides is 1. The molecule has 0 unspecified atom stereocenters. The number of carbonyl (C=O) groups is 1. The van der Waals surface area contributed by atoms with Crippen LogP contribution in [0.4, 0.5) is 0 Å². The van der Waals surface area contributed by atoms with Gasteiger partial charge in [0, 0.05) is 23.6 Å². The van der Waals surface area contributed by atoms with Gasteiger partial charge in [-0.1, -0.05) is 53.5 Å². The number of para-hydroxylation sites is 1. The SMILES string of the molecule is O=C(NCCC[NH+]1CCOCC1)c1sc2c(c(-c3ccc(Cl)cc3)nn2-c2ccccc2)c1Cl. The van der Waals surface area contributed by atoms with Gasteiger partial charge in [0.1, 0.15) is 28.5 Å². The number of ether oxygens (including phenoxy) is 1. The maximum atomic E-state index is 13.1. The van der Waals surface area contributed by atoms with E-state index in [-0.39, 0.29) is 5.91 Å². The van der Waals surface area contributed by atoms with Gasteiger partial charge >= 0.3 is 0 Å². The number of nitrogens with zero attached hydrogens (tertiary/aromatic N) is 2. The van der Waals surface area contributed by atoms with Crippen LogP contribution in [-0.4, -0.2) is 55.1 Å². The Kier molecular flexibility index (Phi) is 7.18. The second-order valence-electron chi connectivity index (χ2n) is 8.25. The summed E-state index contributed by atoms with van der Waals surface area (Å²) < 4.78 is 7.26. The standard InChI is InChI=1S/C25H24Cl2N4O2S/c26-18-9-7-17(8-10-18)22-20-21(27)23(24(32)28-11-4-12-30-13-15-33-16-14-30)34-25(20)31(29-22)19-5-2-1-3-6-19/h1-3,5-10H,4,11-16H2,(H,28,32)/p+1. The van der Waals surface area contributed by atoms with E-state index in [0.717, 1.165) is 66.4 Å². The van der Waals surface area contributed by atoms with Crippen LogP contribution in [0.1, 0.15) is 16.1 Å². The van der Waals surface area contributed by atoms with Gasteiger partial charge in [0.05, 0.1) is 35.9 Å². The summed E-state index contributed by atoms with van der Waals surface area (Å²) in [4.78, 5) is 15.9. The Morgan fingerprint density at radius 2 is 1.82 bits per heavy atom. The fourth-order valence-corrected chi connectivity index (χ4v) is 5.83. The number of benzene rings is 2. The highest BCUT2D eigenvalue weighted by atomic mass is 35.5. The second-order valence-corrected chi connectivity index (χ2v) is 10.1. The molecule has 6 nitrogen and oxygen atoms in total. The Balaban J connectivity index is 1.43. The zero-order valence-electron chi connectivity index (χ0n) is 18.5. The molecule has 1 aliphatic rings. The first kappa shape index (κ1) is 23.3. The fourth-order valence-electron chi connectivity index (χ4n) is 4.18. The molecule has 0 spiro atoms. The van der Waals surface area contributed by atoms with Gasteiger partial charge in [0.25, 0.3) is 5.91 Å². The van der Waals surface area contributed by atoms with Crippen molar-refractivity contribution in [3.05, 3.63) is 69.5 Å². The number of morpholine rings is 1. The van der Waals surface area contributed by atoms with Crippen LogP contribution in [0.2, 0.25) is 10.0 Å². The van der Waals surface area contributed by atoms with Crippen molar-refractivity contribution in [3.8, 4) is 16.9 Å². The van der Waals surface area contributed by atoms with Crippen molar-refractivity contribution in [2.24, 2.45) is 0 Å². The van der Waals surface area contributed by atoms with E-state index in [9.17, 15) is 4.79 Å². The molecule has 2 aromatic heterocycles. The van der Waals surface area contributed by atoms with Crippen molar-refractivity contribution in [2.45, 2.75) is 6.42 Å². The highest BCUT2D eigenvalue weighted by molar-refractivity contribution is 7.21. The summed E-state index contributed by atoms with van der Waals surface area (Å²) in [6.45, 7) is 5.32. The van der Waals surface area contributed by atoms with E-state index in [1.807, 2.05) is 59.3 Å². The van der Waals surface area contributed by atoms with Crippen molar-refractivity contribution in [3.63, 3.8) is 0 Å². The molecular weight excluding hydrogens is 491 g/mol. The molecule has 1 aliphatic heterocycles.